The summed E-state index contributed by atoms with van der Waals surface area (Å²) in [6, 6.07) is 0. The van der Waals surface area contributed by atoms with Gasteiger partial charge in [-0.25, -0.2) is 0 Å². The topological polar surface area (TPSA) is 77.8 Å². The van der Waals surface area contributed by atoms with E-state index in [2.05, 4.69) is 62.5 Å². The van der Waals surface area contributed by atoms with Gasteiger partial charge in [0.05, 0.1) is 12.0 Å². The van der Waals surface area contributed by atoms with Crippen LogP contribution < -0.4 is 0 Å². The van der Waals surface area contributed by atoms with Gasteiger partial charge in [-0.15, -0.1) is 0 Å². The van der Waals surface area contributed by atoms with Gasteiger partial charge in [0.2, 0.25) is 0 Å². The fourth-order valence-electron chi connectivity index (χ4n) is 3.19. The van der Waals surface area contributed by atoms with Crippen molar-refractivity contribution >= 4 is 5.97 Å². The van der Waals surface area contributed by atoms with E-state index in [0.717, 1.165) is 51.4 Å². The first-order valence-electron chi connectivity index (χ1n) is 11.4. The SMILES string of the molecule is CC/C=C\C/C=C\C/C=C\C/C=C\C/C=C\[C@@H](CCCC)[C@@H](C(=O)O)[C@H](O)CCO. The molecule has 4 heteroatoms. The van der Waals surface area contributed by atoms with Crippen LogP contribution in [0.5, 0.6) is 0 Å². The first kappa shape index (κ1) is 28.1. The summed E-state index contributed by atoms with van der Waals surface area (Å²) in [6.45, 7) is 3.99. The number of carbonyl (C=O) groups is 1. The molecule has 0 radical (unpaired) electrons. The lowest BCUT2D eigenvalue weighted by atomic mass is 9.82. The minimum atomic E-state index is -1.03. The van der Waals surface area contributed by atoms with Gasteiger partial charge < -0.3 is 15.3 Å². The van der Waals surface area contributed by atoms with Crippen LogP contribution in [0.4, 0.5) is 0 Å². The molecule has 0 aromatic carbocycles. The molecule has 0 rings (SSSR count). The van der Waals surface area contributed by atoms with E-state index in [1.54, 1.807) is 0 Å². The van der Waals surface area contributed by atoms with Crippen molar-refractivity contribution in [2.24, 2.45) is 11.8 Å². The van der Waals surface area contributed by atoms with Gasteiger partial charge in [-0.1, -0.05) is 87.4 Å². The molecule has 4 nitrogen and oxygen atoms in total. The molecule has 0 aromatic rings. The molecule has 0 unspecified atom stereocenters. The first-order chi connectivity index (χ1) is 14.6. The van der Waals surface area contributed by atoms with Crippen molar-refractivity contribution in [3.8, 4) is 0 Å². The second-order valence-corrected chi connectivity index (χ2v) is 7.41. The molecule has 0 aliphatic rings. The Bertz CT molecular complexity index is 557. The Hall–Kier alpha value is -1.91. The number of hydrogen-bond donors (Lipinski definition) is 3. The van der Waals surface area contributed by atoms with Crippen LogP contribution in [0.3, 0.4) is 0 Å². The maximum atomic E-state index is 11.7. The Morgan fingerprint density at radius 1 is 0.800 bits per heavy atom. The van der Waals surface area contributed by atoms with Crippen molar-refractivity contribution < 1.29 is 20.1 Å². The maximum absolute atomic E-state index is 11.7. The van der Waals surface area contributed by atoms with E-state index in [-0.39, 0.29) is 18.9 Å². The van der Waals surface area contributed by atoms with Gasteiger partial charge in [0.1, 0.15) is 0 Å². The zero-order valence-electron chi connectivity index (χ0n) is 18.8. The maximum Gasteiger partial charge on any atom is 0.309 e. The minimum absolute atomic E-state index is 0.0876. The number of unbranched alkanes of at least 4 members (excludes halogenated alkanes) is 1. The normalized spacial score (nSPS) is 15.9. The summed E-state index contributed by atoms with van der Waals surface area (Å²) in [5.41, 5.74) is 0. The second kappa shape index (κ2) is 20.4. The van der Waals surface area contributed by atoms with Gasteiger partial charge in [0.25, 0.3) is 0 Å². The Labute approximate surface area is 183 Å². The zero-order chi connectivity index (χ0) is 22.5. The molecular formula is C26H42O4. The van der Waals surface area contributed by atoms with Crippen LogP contribution in [0.15, 0.2) is 60.8 Å². The summed E-state index contributed by atoms with van der Waals surface area (Å²) in [4.78, 5) is 11.7. The largest absolute Gasteiger partial charge is 0.481 e. The number of hydrogen-bond acceptors (Lipinski definition) is 3. The molecule has 0 aromatic heterocycles. The molecule has 0 aliphatic carbocycles. The highest BCUT2D eigenvalue weighted by Crippen LogP contribution is 2.26. The van der Waals surface area contributed by atoms with E-state index < -0.39 is 18.0 Å². The molecule has 30 heavy (non-hydrogen) atoms. The molecule has 170 valence electrons. The molecule has 3 atom stereocenters. The lowest BCUT2D eigenvalue weighted by molar-refractivity contribution is -0.148. The molecular weight excluding hydrogens is 376 g/mol. The van der Waals surface area contributed by atoms with E-state index in [1.807, 2.05) is 12.2 Å². The van der Waals surface area contributed by atoms with E-state index in [0.29, 0.717) is 0 Å². The van der Waals surface area contributed by atoms with Crippen molar-refractivity contribution in [3.63, 3.8) is 0 Å². The van der Waals surface area contributed by atoms with Gasteiger partial charge >= 0.3 is 5.97 Å². The lowest BCUT2D eigenvalue weighted by Crippen LogP contribution is -2.34. The van der Waals surface area contributed by atoms with E-state index >= 15 is 0 Å². The Kier molecular flexibility index (Phi) is 19.1. The molecule has 0 bridgehead atoms. The third-order valence-corrected chi connectivity index (χ3v) is 4.85. The number of rotatable bonds is 18. The van der Waals surface area contributed by atoms with Crippen LogP contribution in [-0.2, 0) is 4.79 Å². The molecule has 0 fully saturated rings. The van der Waals surface area contributed by atoms with Crippen molar-refractivity contribution in [1.82, 2.24) is 0 Å². The van der Waals surface area contributed by atoms with Gasteiger partial charge in [-0.05, 0) is 50.9 Å². The number of carboxylic acid groups (broad SMARTS) is 1. The van der Waals surface area contributed by atoms with Crippen molar-refractivity contribution in [1.29, 1.82) is 0 Å². The summed E-state index contributed by atoms with van der Waals surface area (Å²) in [5, 5.41) is 28.8. The van der Waals surface area contributed by atoms with Crippen LogP contribution in [0, 0.1) is 11.8 Å². The monoisotopic (exact) mass is 418 g/mol. The summed E-state index contributed by atoms with van der Waals surface area (Å²) < 4.78 is 0. The van der Waals surface area contributed by atoms with Gasteiger partial charge in [0, 0.05) is 6.61 Å². The van der Waals surface area contributed by atoms with E-state index in [1.165, 1.54) is 0 Å². The fraction of sp³-hybridized carbons (Fsp3) is 0.577. The average molecular weight is 419 g/mol. The predicted molar refractivity (Wildman–Crippen MR) is 126 cm³/mol. The number of carboxylic acids is 1. The van der Waals surface area contributed by atoms with E-state index in [4.69, 9.17) is 5.11 Å². The lowest BCUT2D eigenvalue weighted by Gasteiger charge is -2.25. The quantitative estimate of drug-likeness (QED) is 0.239. The highest BCUT2D eigenvalue weighted by molar-refractivity contribution is 5.71. The molecule has 0 saturated heterocycles. The first-order valence-corrected chi connectivity index (χ1v) is 11.4. The van der Waals surface area contributed by atoms with Crippen molar-refractivity contribution in [3.05, 3.63) is 60.8 Å². The highest BCUT2D eigenvalue weighted by Gasteiger charge is 2.32. The summed E-state index contributed by atoms with van der Waals surface area (Å²) >= 11 is 0. The summed E-state index contributed by atoms with van der Waals surface area (Å²) in [5.74, 6) is -2.11. The van der Waals surface area contributed by atoms with Crippen LogP contribution in [0.2, 0.25) is 0 Å². The number of aliphatic carboxylic acids is 1. The predicted octanol–water partition coefficient (Wildman–Crippen LogP) is 5.99. The molecule has 0 saturated carbocycles. The highest BCUT2D eigenvalue weighted by atomic mass is 16.4. The number of allylic oxidation sites excluding steroid dienone is 10. The van der Waals surface area contributed by atoms with Crippen LogP contribution in [0.1, 0.15) is 71.6 Å². The molecule has 0 heterocycles. The minimum Gasteiger partial charge on any atom is -0.481 e. The van der Waals surface area contributed by atoms with Crippen LogP contribution in [-0.4, -0.2) is 34.0 Å². The van der Waals surface area contributed by atoms with E-state index in [9.17, 15) is 15.0 Å². The third-order valence-electron chi connectivity index (χ3n) is 4.85. The summed E-state index contributed by atoms with van der Waals surface area (Å²) in [7, 11) is 0. The fourth-order valence-corrected chi connectivity index (χ4v) is 3.19. The summed E-state index contributed by atoms with van der Waals surface area (Å²) in [6.07, 6.45) is 27.4. The second-order valence-electron chi connectivity index (χ2n) is 7.41. The van der Waals surface area contributed by atoms with Crippen molar-refractivity contribution in [2.75, 3.05) is 6.61 Å². The van der Waals surface area contributed by atoms with Gasteiger partial charge in [0.15, 0.2) is 0 Å². The molecule has 0 spiro atoms. The van der Waals surface area contributed by atoms with Crippen molar-refractivity contribution in [2.45, 2.75) is 77.7 Å². The third kappa shape index (κ3) is 15.0. The Morgan fingerprint density at radius 3 is 1.73 bits per heavy atom. The molecule has 0 amide bonds. The number of aliphatic hydroxyl groups excluding tert-OH is 2. The van der Waals surface area contributed by atoms with Gasteiger partial charge in [-0.3, -0.25) is 4.79 Å². The number of aliphatic hydroxyl groups is 2. The molecule has 3 N–H and O–H groups in total. The standard InChI is InChI=1S/C26H42O4/c1-3-5-7-8-9-10-11-12-13-14-15-16-17-18-20-23(19-6-4-2)25(26(29)30)24(28)21-22-27/h5,7,9-10,12-13,15-16,18,20,23-25,27-28H,3-4,6,8,11,14,17,19,21-22H2,1-2H3,(H,29,30)/b7-5-,10-9-,13-12-,16-15-,20-18-/t23-,24-,25-/m1/s1. The molecule has 0 aliphatic heterocycles. The zero-order valence-corrected chi connectivity index (χ0v) is 18.8. The smallest absolute Gasteiger partial charge is 0.309 e. The Balaban J connectivity index is 4.44. The van der Waals surface area contributed by atoms with Crippen LogP contribution >= 0.6 is 0 Å². The van der Waals surface area contributed by atoms with Crippen LogP contribution in [0.25, 0.3) is 0 Å². The average Bonchev–Trinajstić information content (AvgIpc) is 2.71. The van der Waals surface area contributed by atoms with Gasteiger partial charge in [-0.2, -0.15) is 0 Å². The Morgan fingerprint density at radius 2 is 1.30 bits per heavy atom.